The number of benzene rings is 2. The third-order valence-corrected chi connectivity index (χ3v) is 5.36. The van der Waals surface area contributed by atoms with Gasteiger partial charge in [0.05, 0.1) is 0 Å². The summed E-state index contributed by atoms with van der Waals surface area (Å²) in [5.74, 6) is 3.35. The highest BCUT2D eigenvalue weighted by Gasteiger charge is 2.25. The van der Waals surface area contributed by atoms with E-state index in [1.165, 1.54) is 16.7 Å². The van der Waals surface area contributed by atoms with E-state index in [0.29, 0.717) is 6.04 Å². The summed E-state index contributed by atoms with van der Waals surface area (Å²) in [5, 5.41) is 3.71. The van der Waals surface area contributed by atoms with Crippen molar-refractivity contribution in [2.45, 2.75) is 24.3 Å². The number of rotatable bonds is 3. The van der Waals surface area contributed by atoms with Crippen LogP contribution >= 0.6 is 11.8 Å². The summed E-state index contributed by atoms with van der Waals surface area (Å²) >= 11 is 2.01. The van der Waals surface area contributed by atoms with Gasteiger partial charge in [-0.2, -0.15) is 11.8 Å². The van der Waals surface area contributed by atoms with Crippen molar-refractivity contribution >= 4 is 11.8 Å². The molecule has 3 heteroatoms. The molecule has 0 saturated carbocycles. The number of ether oxygens (including phenoxy) is 1. The molecule has 0 saturated heterocycles. The van der Waals surface area contributed by atoms with E-state index in [4.69, 9.17) is 4.74 Å². The van der Waals surface area contributed by atoms with Crippen LogP contribution in [0, 0.1) is 0 Å². The van der Waals surface area contributed by atoms with E-state index < -0.39 is 0 Å². The van der Waals surface area contributed by atoms with Crippen LogP contribution < -0.4 is 10.1 Å². The monoisotopic (exact) mass is 297 g/mol. The highest BCUT2D eigenvalue weighted by molar-refractivity contribution is 7.98. The summed E-state index contributed by atoms with van der Waals surface area (Å²) in [7, 11) is 0. The Balaban J connectivity index is 1.41. The normalized spacial score (nSPS) is 23.2. The summed E-state index contributed by atoms with van der Waals surface area (Å²) < 4.78 is 6.02. The smallest absolute Gasteiger partial charge is 0.123 e. The maximum Gasteiger partial charge on any atom is 0.123 e. The second kappa shape index (κ2) is 5.74. The average molecular weight is 297 g/mol. The molecule has 108 valence electrons. The van der Waals surface area contributed by atoms with Gasteiger partial charge in [0.15, 0.2) is 0 Å². The van der Waals surface area contributed by atoms with Gasteiger partial charge < -0.3 is 10.1 Å². The van der Waals surface area contributed by atoms with Gasteiger partial charge in [-0.1, -0.05) is 42.5 Å². The van der Waals surface area contributed by atoms with Gasteiger partial charge in [0.2, 0.25) is 0 Å². The Hall–Kier alpha value is -1.45. The zero-order valence-electron chi connectivity index (χ0n) is 11.9. The second-order valence-corrected chi connectivity index (χ2v) is 6.76. The van der Waals surface area contributed by atoms with Crippen molar-refractivity contribution in [2.75, 3.05) is 12.3 Å². The minimum absolute atomic E-state index is 0.265. The summed E-state index contributed by atoms with van der Waals surface area (Å²) in [4.78, 5) is 0. The lowest BCUT2D eigenvalue weighted by molar-refractivity contribution is 0.223. The minimum Gasteiger partial charge on any atom is -0.488 e. The molecule has 4 rings (SSSR count). The van der Waals surface area contributed by atoms with E-state index in [1.54, 1.807) is 0 Å². The Kier molecular flexibility index (Phi) is 3.62. The van der Waals surface area contributed by atoms with Crippen molar-refractivity contribution in [3.63, 3.8) is 0 Å². The van der Waals surface area contributed by atoms with Crippen LogP contribution in [0.1, 0.15) is 22.7 Å². The van der Waals surface area contributed by atoms with E-state index in [9.17, 15) is 0 Å². The zero-order valence-corrected chi connectivity index (χ0v) is 12.7. The largest absolute Gasteiger partial charge is 0.488 e. The number of fused-ring (bicyclic) bond motifs is 2. The van der Waals surface area contributed by atoms with E-state index in [0.717, 1.165) is 30.2 Å². The molecule has 0 radical (unpaired) electrons. The fraction of sp³-hybridized carbons (Fsp3) is 0.333. The Morgan fingerprint density at radius 2 is 1.86 bits per heavy atom. The lowest BCUT2D eigenvalue weighted by Gasteiger charge is -2.27. The molecule has 2 aliphatic heterocycles. The summed E-state index contributed by atoms with van der Waals surface area (Å²) in [6.45, 7) is 0.911. The summed E-state index contributed by atoms with van der Waals surface area (Å²) in [6.07, 6.45) is 1.28. The molecule has 21 heavy (non-hydrogen) atoms. The molecule has 2 aliphatic rings. The molecule has 2 heterocycles. The van der Waals surface area contributed by atoms with Gasteiger partial charge in [0.25, 0.3) is 0 Å². The Labute approximate surface area is 129 Å². The number of nitrogens with one attached hydrogen (secondary N) is 1. The van der Waals surface area contributed by atoms with Crippen LogP contribution in [0.25, 0.3) is 0 Å². The first-order valence-corrected chi connectivity index (χ1v) is 8.69. The van der Waals surface area contributed by atoms with Crippen LogP contribution in [-0.2, 0) is 12.2 Å². The number of hydrogen-bond acceptors (Lipinski definition) is 3. The van der Waals surface area contributed by atoms with E-state index in [-0.39, 0.29) is 6.10 Å². The second-order valence-electron chi connectivity index (χ2n) is 5.73. The van der Waals surface area contributed by atoms with Gasteiger partial charge in [-0.25, -0.2) is 0 Å². The first-order valence-electron chi connectivity index (χ1n) is 7.53. The van der Waals surface area contributed by atoms with Crippen LogP contribution in [-0.4, -0.2) is 18.4 Å². The van der Waals surface area contributed by atoms with E-state index in [1.807, 2.05) is 17.8 Å². The quantitative estimate of drug-likeness (QED) is 0.936. The van der Waals surface area contributed by atoms with Gasteiger partial charge >= 0.3 is 0 Å². The predicted octanol–water partition coefficient (Wildman–Crippen LogP) is 3.57. The number of thioether (sulfide) groups is 1. The first-order chi connectivity index (χ1) is 10.4. The molecule has 2 atom stereocenters. The van der Waals surface area contributed by atoms with E-state index in [2.05, 4.69) is 47.8 Å². The van der Waals surface area contributed by atoms with Crippen LogP contribution in [0.3, 0.4) is 0 Å². The molecule has 0 aliphatic carbocycles. The molecule has 2 unspecified atom stereocenters. The molecule has 2 aromatic rings. The molecule has 0 amide bonds. The Morgan fingerprint density at radius 1 is 1.05 bits per heavy atom. The van der Waals surface area contributed by atoms with Crippen molar-refractivity contribution < 1.29 is 4.74 Å². The third kappa shape index (κ3) is 2.68. The van der Waals surface area contributed by atoms with Crippen LogP contribution in [0.2, 0.25) is 0 Å². The third-order valence-electron chi connectivity index (χ3n) is 4.28. The highest BCUT2D eigenvalue weighted by Crippen LogP contribution is 2.32. The SMILES string of the molecule is c1ccc2c(c1)CC(CNC1CSCc3ccccc31)O2. The van der Waals surface area contributed by atoms with Gasteiger partial charge in [-0.05, 0) is 22.8 Å². The molecule has 0 aromatic heterocycles. The molecule has 2 nitrogen and oxygen atoms in total. The van der Waals surface area contributed by atoms with Crippen LogP contribution in [0.4, 0.5) is 0 Å². The van der Waals surface area contributed by atoms with Gasteiger partial charge in [-0.3, -0.25) is 0 Å². The minimum atomic E-state index is 0.265. The summed E-state index contributed by atoms with van der Waals surface area (Å²) in [6, 6.07) is 17.6. The maximum atomic E-state index is 6.02. The molecule has 0 spiro atoms. The van der Waals surface area contributed by atoms with Crippen molar-refractivity contribution in [3.05, 3.63) is 65.2 Å². The van der Waals surface area contributed by atoms with Gasteiger partial charge in [-0.15, -0.1) is 0 Å². The zero-order chi connectivity index (χ0) is 14.1. The van der Waals surface area contributed by atoms with Crippen molar-refractivity contribution in [3.8, 4) is 5.75 Å². The van der Waals surface area contributed by atoms with Crippen molar-refractivity contribution in [1.82, 2.24) is 5.32 Å². The lowest BCUT2D eigenvalue weighted by atomic mass is 10.0. The number of para-hydroxylation sites is 1. The molecule has 1 N–H and O–H groups in total. The molecule has 2 aromatic carbocycles. The van der Waals surface area contributed by atoms with Crippen molar-refractivity contribution in [2.24, 2.45) is 0 Å². The standard InChI is InChI=1S/C18H19NOS/c1-3-7-16-14(6-1)11-21-12-17(16)19-10-15-9-13-5-2-4-8-18(13)20-15/h1-8,15,17,19H,9-12H2. The molecular formula is C18H19NOS. The van der Waals surface area contributed by atoms with Crippen LogP contribution in [0.5, 0.6) is 5.75 Å². The maximum absolute atomic E-state index is 6.02. The van der Waals surface area contributed by atoms with Gasteiger partial charge in [0, 0.05) is 30.5 Å². The molecule has 0 fully saturated rings. The fourth-order valence-electron chi connectivity index (χ4n) is 3.19. The molecular weight excluding hydrogens is 278 g/mol. The summed E-state index contributed by atoms with van der Waals surface area (Å²) in [5.41, 5.74) is 4.27. The first kappa shape index (κ1) is 13.2. The predicted molar refractivity (Wildman–Crippen MR) is 87.9 cm³/mol. The molecule has 0 bridgehead atoms. The highest BCUT2D eigenvalue weighted by atomic mass is 32.2. The fourth-order valence-corrected chi connectivity index (χ4v) is 4.33. The Bertz CT molecular complexity index is 618. The average Bonchev–Trinajstić information content (AvgIpc) is 2.96. The van der Waals surface area contributed by atoms with Crippen molar-refractivity contribution in [1.29, 1.82) is 0 Å². The lowest BCUT2D eigenvalue weighted by Crippen LogP contribution is -2.35. The van der Waals surface area contributed by atoms with Gasteiger partial charge in [0.1, 0.15) is 11.9 Å². The van der Waals surface area contributed by atoms with E-state index >= 15 is 0 Å². The Morgan fingerprint density at radius 3 is 2.76 bits per heavy atom. The topological polar surface area (TPSA) is 21.3 Å². The van der Waals surface area contributed by atoms with Crippen LogP contribution in [0.15, 0.2) is 48.5 Å². The number of hydrogen-bond donors (Lipinski definition) is 1.